The molecule has 6 heteroatoms. The number of nitrogens with zero attached hydrogens (tertiary/aromatic N) is 3. The van der Waals surface area contributed by atoms with E-state index < -0.39 is 0 Å². The molecule has 124 valence electrons. The molecule has 0 aliphatic carbocycles. The number of nitrogens with one attached hydrogen (secondary N) is 1. The van der Waals surface area contributed by atoms with Gasteiger partial charge in [-0.15, -0.1) is 0 Å². The van der Waals surface area contributed by atoms with Crippen molar-refractivity contribution in [3.63, 3.8) is 0 Å². The molecular formula is C18H20N4OS. The van der Waals surface area contributed by atoms with Crippen LogP contribution >= 0.6 is 11.3 Å². The first-order chi connectivity index (χ1) is 11.8. The molecule has 0 fully saturated rings. The van der Waals surface area contributed by atoms with Gasteiger partial charge in [0.05, 0.1) is 12.4 Å². The van der Waals surface area contributed by atoms with Crippen molar-refractivity contribution in [1.82, 2.24) is 19.9 Å². The summed E-state index contributed by atoms with van der Waals surface area (Å²) in [5.41, 5.74) is 2.26. The van der Waals surface area contributed by atoms with Crippen LogP contribution in [0.4, 0.5) is 0 Å². The van der Waals surface area contributed by atoms with Gasteiger partial charge in [-0.3, -0.25) is 9.78 Å². The molecule has 3 heterocycles. The number of hydrogen-bond donors (Lipinski definition) is 1. The van der Waals surface area contributed by atoms with Crippen molar-refractivity contribution in [2.75, 3.05) is 0 Å². The quantitative estimate of drug-likeness (QED) is 0.685. The van der Waals surface area contributed by atoms with E-state index in [-0.39, 0.29) is 11.9 Å². The number of pyridine rings is 1. The first-order valence-corrected chi connectivity index (χ1v) is 8.91. The van der Waals surface area contributed by atoms with Gasteiger partial charge in [0.1, 0.15) is 0 Å². The molecule has 0 aliphatic rings. The zero-order chi connectivity index (χ0) is 16.6. The largest absolute Gasteiger partial charge is 0.349 e. The Morgan fingerprint density at radius 2 is 2.25 bits per heavy atom. The van der Waals surface area contributed by atoms with E-state index in [0.717, 1.165) is 24.9 Å². The highest BCUT2D eigenvalue weighted by Gasteiger charge is 2.15. The number of aromatic nitrogens is 3. The lowest BCUT2D eigenvalue weighted by Crippen LogP contribution is -2.30. The molecule has 1 N–H and O–H groups in total. The lowest BCUT2D eigenvalue weighted by atomic mass is 10.0. The predicted molar refractivity (Wildman–Crippen MR) is 94.6 cm³/mol. The van der Waals surface area contributed by atoms with Gasteiger partial charge in [0.15, 0.2) is 0 Å². The van der Waals surface area contributed by atoms with Gasteiger partial charge in [-0.2, -0.15) is 11.3 Å². The summed E-state index contributed by atoms with van der Waals surface area (Å²) < 4.78 is 1.98. The third kappa shape index (κ3) is 4.76. The van der Waals surface area contributed by atoms with E-state index in [1.54, 1.807) is 30.1 Å². The number of hydrogen-bond acceptors (Lipinski definition) is 4. The molecule has 1 amide bonds. The molecule has 0 spiro atoms. The average Bonchev–Trinajstić information content (AvgIpc) is 3.29. The van der Waals surface area contributed by atoms with E-state index in [1.165, 1.54) is 5.56 Å². The fourth-order valence-electron chi connectivity index (χ4n) is 2.59. The number of carbonyl (C=O) groups is 1. The van der Waals surface area contributed by atoms with Crippen molar-refractivity contribution in [2.24, 2.45) is 0 Å². The molecule has 0 radical (unpaired) electrons. The first-order valence-electron chi connectivity index (χ1n) is 7.97. The molecule has 3 rings (SSSR count). The van der Waals surface area contributed by atoms with Gasteiger partial charge in [-0.05, 0) is 46.9 Å². The van der Waals surface area contributed by atoms with E-state index in [4.69, 9.17) is 0 Å². The van der Waals surface area contributed by atoms with Crippen molar-refractivity contribution in [3.05, 3.63) is 71.2 Å². The second-order valence-corrected chi connectivity index (χ2v) is 6.43. The third-order valence-electron chi connectivity index (χ3n) is 3.82. The standard InChI is InChI=1S/C18H20N4OS/c23-18(4-2-8-22-9-7-20-14-22)21-17(11-15-5-10-24-13-15)16-3-1-6-19-12-16/h1,3,5-7,9-10,12-14,17H,2,4,8,11H2,(H,21,23)/t17-/m1/s1. The number of imidazole rings is 1. The minimum absolute atomic E-state index is 0.0472. The lowest BCUT2D eigenvalue weighted by molar-refractivity contribution is -0.122. The van der Waals surface area contributed by atoms with Crippen molar-refractivity contribution >= 4 is 17.2 Å². The summed E-state index contributed by atoms with van der Waals surface area (Å²) in [7, 11) is 0. The molecule has 0 bridgehead atoms. The molecular weight excluding hydrogens is 320 g/mol. The molecule has 0 unspecified atom stereocenters. The Morgan fingerprint density at radius 3 is 2.96 bits per heavy atom. The lowest BCUT2D eigenvalue weighted by Gasteiger charge is -2.18. The zero-order valence-corrected chi connectivity index (χ0v) is 14.2. The van der Waals surface area contributed by atoms with Crippen molar-refractivity contribution in [1.29, 1.82) is 0 Å². The van der Waals surface area contributed by atoms with Gasteiger partial charge in [-0.25, -0.2) is 4.98 Å². The molecule has 0 aromatic carbocycles. The van der Waals surface area contributed by atoms with Crippen molar-refractivity contribution in [3.8, 4) is 0 Å². The second kappa shape index (κ2) is 8.40. The summed E-state index contributed by atoms with van der Waals surface area (Å²) in [6.45, 7) is 0.801. The van der Waals surface area contributed by atoms with Gasteiger partial charge in [0.2, 0.25) is 5.91 Å². The highest BCUT2D eigenvalue weighted by atomic mass is 32.1. The maximum atomic E-state index is 12.3. The Kier molecular flexibility index (Phi) is 5.74. The fraction of sp³-hybridized carbons (Fsp3) is 0.278. The van der Waals surface area contributed by atoms with Crippen LogP contribution in [-0.4, -0.2) is 20.4 Å². The van der Waals surface area contributed by atoms with E-state index >= 15 is 0 Å². The Balaban J connectivity index is 1.57. The number of amides is 1. The molecule has 0 saturated carbocycles. The van der Waals surface area contributed by atoms with E-state index in [1.807, 2.05) is 29.1 Å². The van der Waals surface area contributed by atoms with Gasteiger partial charge in [0.25, 0.3) is 0 Å². The van der Waals surface area contributed by atoms with Crippen LogP contribution in [-0.2, 0) is 17.8 Å². The maximum absolute atomic E-state index is 12.3. The minimum Gasteiger partial charge on any atom is -0.349 e. The van der Waals surface area contributed by atoms with Gasteiger partial charge in [0, 0.05) is 37.8 Å². The number of thiophene rings is 1. The topological polar surface area (TPSA) is 59.8 Å². The Bertz CT molecular complexity index is 726. The molecule has 0 saturated heterocycles. The summed E-state index contributed by atoms with van der Waals surface area (Å²) in [4.78, 5) is 20.5. The molecule has 0 aliphatic heterocycles. The van der Waals surface area contributed by atoms with Crippen LogP contribution in [0.15, 0.2) is 60.1 Å². The Hall–Kier alpha value is -2.47. The monoisotopic (exact) mass is 340 g/mol. The summed E-state index contributed by atoms with van der Waals surface area (Å²) >= 11 is 1.67. The average molecular weight is 340 g/mol. The van der Waals surface area contributed by atoms with Crippen LogP contribution in [0.25, 0.3) is 0 Å². The number of rotatable bonds is 8. The number of carbonyl (C=O) groups excluding carboxylic acids is 1. The first kappa shape index (κ1) is 16.4. The SMILES string of the molecule is O=C(CCCn1ccnc1)N[C@H](Cc1ccsc1)c1cccnc1. The highest BCUT2D eigenvalue weighted by molar-refractivity contribution is 7.07. The number of aryl methyl sites for hydroxylation is 1. The van der Waals surface area contributed by atoms with Crippen molar-refractivity contribution < 1.29 is 4.79 Å². The van der Waals surface area contributed by atoms with Crippen molar-refractivity contribution in [2.45, 2.75) is 31.8 Å². The van der Waals surface area contributed by atoms with Gasteiger partial charge >= 0.3 is 0 Å². The van der Waals surface area contributed by atoms with Crippen LogP contribution in [0, 0.1) is 0 Å². The fourth-order valence-corrected chi connectivity index (χ4v) is 3.27. The summed E-state index contributed by atoms with van der Waals surface area (Å²) in [5, 5.41) is 7.33. The Labute approximate surface area is 145 Å². The normalized spacial score (nSPS) is 12.0. The van der Waals surface area contributed by atoms with Gasteiger partial charge in [-0.1, -0.05) is 6.07 Å². The second-order valence-electron chi connectivity index (χ2n) is 5.65. The minimum atomic E-state index is -0.0472. The van der Waals surface area contributed by atoms with Gasteiger partial charge < -0.3 is 9.88 Å². The molecule has 3 aromatic rings. The smallest absolute Gasteiger partial charge is 0.220 e. The van der Waals surface area contributed by atoms with Crippen LogP contribution in [0.1, 0.15) is 30.0 Å². The highest BCUT2D eigenvalue weighted by Crippen LogP contribution is 2.19. The van der Waals surface area contributed by atoms with Crippen LogP contribution in [0.2, 0.25) is 0 Å². The van der Waals surface area contributed by atoms with Crippen LogP contribution < -0.4 is 5.32 Å². The molecule has 5 nitrogen and oxygen atoms in total. The summed E-state index contributed by atoms with van der Waals surface area (Å²) in [6, 6.07) is 5.96. The molecule has 1 atom stereocenters. The third-order valence-corrected chi connectivity index (χ3v) is 4.55. The van der Waals surface area contributed by atoms with Crippen LogP contribution in [0.5, 0.6) is 0 Å². The molecule has 24 heavy (non-hydrogen) atoms. The molecule has 3 aromatic heterocycles. The van der Waals surface area contributed by atoms with E-state index in [0.29, 0.717) is 6.42 Å². The zero-order valence-electron chi connectivity index (χ0n) is 13.3. The van der Waals surface area contributed by atoms with E-state index in [9.17, 15) is 4.79 Å². The Morgan fingerprint density at radius 1 is 1.29 bits per heavy atom. The predicted octanol–water partition coefficient (Wildman–Crippen LogP) is 3.22. The van der Waals surface area contributed by atoms with Crippen LogP contribution in [0.3, 0.4) is 0 Å². The summed E-state index contributed by atoms with van der Waals surface area (Å²) in [5.74, 6) is 0.0687. The van der Waals surface area contributed by atoms with E-state index in [2.05, 4.69) is 32.1 Å². The summed E-state index contributed by atoms with van der Waals surface area (Å²) in [6.07, 6.45) is 11.1. The maximum Gasteiger partial charge on any atom is 0.220 e.